The van der Waals surface area contributed by atoms with Crippen molar-refractivity contribution in [3.05, 3.63) is 41.9 Å². The van der Waals surface area contributed by atoms with E-state index in [1.54, 1.807) is 18.2 Å². The van der Waals surface area contributed by atoms with Gasteiger partial charge in [-0.15, -0.1) is 0 Å². The van der Waals surface area contributed by atoms with Gasteiger partial charge in [-0.25, -0.2) is 4.39 Å². The summed E-state index contributed by atoms with van der Waals surface area (Å²) in [6.45, 7) is 1.94. The molecule has 1 aliphatic rings. The number of rotatable bonds is 3. The highest BCUT2D eigenvalue weighted by Gasteiger charge is 2.18. The van der Waals surface area contributed by atoms with Crippen LogP contribution in [0.1, 0.15) is 29.8 Å². The van der Waals surface area contributed by atoms with E-state index in [4.69, 9.17) is 4.42 Å². The Labute approximate surface area is 117 Å². The van der Waals surface area contributed by atoms with Gasteiger partial charge in [0.15, 0.2) is 12.0 Å². The van der Waals surface area contributed by atoms with Crippen molar-refractivity contribution < 1.29 is 13.6 Å². The SMILES string of the molecule is O=Cc1ccc(-c2cc(F)ccc2N2CCCCC2)o1. The maximum Gasteiger partial charge on any atom is 0.185 e. The fraction of sp³-hybridized carbons (Fsp3) is 0.312. The lowest BCUT2D eigenvalue weighted by Crippen LogP contribution is -2.29. The van der Waals surface area contributed by atoms with Crippen molar-refractivity contribution in [1.82, 2.24) is 0 Å². The molecule has 0 radical (unpaired) electrons. The second-order valence-electron chi connectivity index (χ2n) is 5.03. The average Bonchev–Trinajstić information content (AvgIpc) is 2.97. The van der Waals surface area contributed by atoms with Gasteiger partial charge in [-0.2, -0.15) is 0 Å². The van der Waals surface area contributed by atoms with Crippen LogP contribution in [0.3, 0.4) is 0 Å². The molecule has 1 aliphatic heterocycles. The van der Waals surface area contributed by atoms with E-state index in [2.05, 4.69) is 4.90 Å². The molecule has 4 heteroatoms. The number of furan rings is 1. The number of halogens is 1. The van der Waals surface area contributed by atoms with E-state index in [-0.39, 0.29) is 11.6 Å². The van der Waals surface area contributed by atoms with Crippen molar-refractivity contribution in [1.29, 1.82) is 0 Å². The van der Waals surface area contributed by atoms with Crippen LogP contribution < -0.4 is 4.90 Å². The van der Waals surface area contributed by atoms with Crippen LogP contribution in [0.25, 0.3) is 11.3 Å². The Hall–Kier alpha value is -2.10. The quantitative estimate of drug-likeness (QED) is 0.795. The first-order chi connectivity index (χ1) is 9.78. The molecule has 1 aromatic heterocycles. The number of benzene rings is 1. The molecule has 0 spiro atoms. The molecular formula is C16H16FNO2. The Morgan fingerprint density at radius 2 is 1.90 bits per heavy atom. The van der Waals surface area contributed by atoms with Crippen LogP contribution in [0.4, 0.5) is 10.1 Å². The molecular weight excluding hydrogens is 257 g/mol. The largest absolute Gasteiger partial charge is 0.453 e. The standard InChI is InChI=1S/C16H16FNO2/c17-12-4-6-15(18-8-2-1-3-9-18)14(10-12)16-7-5-13(11-19)20-16/h4-7,10-11H,1-3,8-9H2. The summed E-state index contributed by atoms with van der Waals surface area (Å²) in [5.74, 6) is 0.492. The molecule has 0 atom stereocenters. The number of hydrogen-bond donors (Lipinski definition) is 0. The first-order valence-corrected chi connectivity index (χ1v) is 6.88. The zero-order valence-electron chi connectivity index (χ0n) is 11.1. The third-order valence-electron chi connectivity index (χ3n) is 3.66. The minimum atomic E-state index is -0.301. The number of nitrogens with zero attached hydrogens (tertiary/aromatic N) is 1. The van der Waals surface area contributed by atoms with Crippen LogP contribution in [0, 0.1) is 5.82 Å². The number of piperidine rings is 1. The van der Waals surface area contributed by atoms with E-state index in [0.29, 0.717) is 17.6 Å². The van der Waals surface area contributed by atoms with E-state index < -0.39 is 0 Å². The lowest BCUT2D eigenvalue weighted by molar-refractivity contribution is 0.110. The maximum absolute atomic E-state index is 13.6. The average molecular weight is 273 g/mol. The van der Waals surface area contributed by atoms with Crippen molar-refractivity contribution in [3.63, 3.8) is 0 Å². The molecule has 0 saturated carbocycles. The molecule has 1 saturated heterocycles. The highest BCUT2D eigenvalue weighted by Crippen LogP contribution is 2.34. The Morgan fingerprint density at radius 3 is 2.60 bits per heavy atom. The van der Waals surface area contributed by atoms with E-state index in [1.165, 1.54) is 18.6 Å². The van der Waals surface area contributed by atoms with Crippen LogP contribution in [0.5, 0.6) is 0 Å². The fourth-order valence-electron chi connectivity index (χ4n) is 2.68. The van der Waals surface area contributed by atoms with Crippen molar-refractivity contribution in [2.75, 3.05) is 18.0 Å². The summed E-state index contributed by atoms with van der Waals surface area (Å²) >= 11 is 0. The summed E-state index contributed by atoms with van der Waals surface area (Å²) in [6.07, 6.45) is 4.19. The minimum absolute atomic E-state index is 0.258. The Morgan fingerprint density at radius 1 is 1.10 bits per heavy atom. The summed E-state index contributed by atoms with van der Waals surface area (Å²) in [6, 6.07) is 8.05. The van der Waals surface area contributed by atoms with Gasteiger partial charge < -0.3 is 9.32 Å². The molecule has 20 heavy (non-hydrogen) atoms. The van der Waals surface area contributed by atoms with Crippen molar-refractivity contribution in [2.45, 2.75) is 19.3 Å². The van der Waals surface area contributed by atoms with Crippen LogP contribution in [-0.4, -0.2) is 19.4 Å². The Kier molecular flexibility index (Phi) is 3.54. The first-order valence-electron chi connectivity index (χ1n) is 6.88. The first kappa shape index (κ1) is 12.9. The molecule has 0 unspecified atom stereocenters. The molecule has 3 nitrogen and oxygen atoms in total. The zero-order chi connectivity index (χ0) is 13.9. The number of anilines is 1. The van der Waals surface area contributed by atoms with Gasteiger partial charge in [-0.3, -0.25) is 4.79 Å². The number of aldehydes is 1. The van der Waals surface area contributed by atoms with Gasteiger partial charge in [-0.05, 0) is 49.6 Å². The molecule has 3 rings (SSSR count). The summed E-state index contributed by atoms with van der Waals surface area (Å²) in [7, 11) is 0. The lowest BCUT2D eigenvalue weighted by atomic mass is 10.1. The molecule has 1 fully saturated rings. The van der Waals surface area contributed by atoms with Crippen molar-refractivity contribution in [3.8, 4) is 11.3 Å². The third kappa shape index (κ3) is 2.46. The Bertz CT molecular complexity index is 615. The lowest BCUT2D eigenvalue weighted by Gasteiger charge is -2.30. The van der Waals surface area contributed by atoms with E-state index in [1.807, 2.05) is 0 Å². The zero-order valence-corrected chi connectivity index (χ0v) is 11.1. The predicted molar refractivity (Wildman–Crippen MR) is 75.6 cm³/mol. The summed E-state index contributed by atoms with van der Waals surface area (Å²) in [5.41, 5.74) is 1.68. The van der Waals surface area contributed by atoms with Gasteiger partial charge in [0.25, 0.3) is 0 Å². The van der Waals surface area contributed by atoms with Gasteiger partial charge in [0.05, 0.1) is 0 Å². The number of hydrogen-bond acceptors (Lipinski definition) is 3. The predicted octanol–water partition coefficient (Wildman–Crippen LogP) is 3.89. The molecule has 2 heterocycles. The number of carbonyl (C=O) groups is 1. The monoisotopic (exact) mass is 273 g/mol. The molecule has 0 bridgehead atoms. The van der Waals surface area contributed by atoms with Gasteiger partial charge in [-0.1, -0.05) is 0 Å². The summed E-state index contributed by atoms with van der Waals surface area (Å²) in [4.78, 5) is 13.0. The highest BCUT2D eigenvalue weighted by molar-refractivity contribution is 5.78. The fourth-order valence-corrected chi connectivity index (χ4v) is 2.68. The molecule has 0 N–H and O–H groups in total. The third-order valence-corrected chi connectivity index (χ3v) is 3.66. The molecule has 2 aromatic rings. The van der Waals surface area contributed by atoms with E-state index >= 15 is 0 Å². The van der Waals surface area contributed by atoms with Gasteiger partial charge in [0, 0.05) is 24.3 Å². The van der Waals surface area contributed by atoms with E-state index in [9.17, 15) is 9.18 Å². The van der Waals surface area contributed by atoms with E-state index in [0.717, 1.165) is 31.6 Å². The molecule has 0 aliphatic carbocycles. The smallest absolute Gasteiger partial charge is 0.185 e. The normalized spacial score (nSPS) is 15.3. The topological polar surface area (TPSA) is 33.5 Å². The molecule has 104 valence electrons. The number of carbonyl (C=O) groups excluding carboxylic acids is 1. The second kappa shape index (κ2) is 5.49. The van der Waals surface area contributed by atoms with Gasteiger partial charge in [0.1, 0.15) is 11.6 Å². The minimum Gasteiger partial charge on any atom is -0.453 e. The highest BCUT2D eigenvalue weighted by atomic mass is 19.1. The van der Waals surface area contributed by atoms with Crippen LogP contribution in [0.2, 0.25) is 0 Å². The van der Waals surface area contributed by atoms with Crippen LogP contribution in [0.15, 0.2) is 34.7 Å². The van der Waals surface area contributed by atoms with Crippen molar-refractivity contribution in [2.24, 2.45) is 0 Å². The van der Waals surface area contributed by atoms with Crippen LogP contribution >= 0.6 is 0 Å². The second-order valence-corrected chi connectivity index (χ2v) is 5.03. The van der Waals surface area contributed by atoms with Gasteiger partial charge in [0.2, 0.25) is 0 Å². The summed E-state index contributed by atoms with van der Waals surface area (Å²) < 4.78 is 19.0. The Balaban J connectivity index is 2.03. The maximum atomic E-state index is 13.6. The van der Waals surface area contributed by atoms with Gasteiger partial charge >= 0.3 is 0 Å². The summed E-state index contributed by atoms with van der Waals surface area (Å²) in [5, 5.41) is 0. The van der Waals surface area contributed by atoms with Crippen molar-refractivity contribution >= 4 is 12.0 Å². The van der Waals surface area contributed by atoms with Crippen LogP contribution in [-0.2, 0) is 0 Å². The molecule has 0 amide bonds. The molecule has 1 aromatic carbocycles.